The summed E-state index contributed by atoms with van der Waals surface area (Å²) in [4.78, 5) is 19.0. The fourth-order valence-corrected chi connectivity index (χ4v) is 5.74. The van der Waals surface area contributed by atoms with Gasteiger partial charge in [-0.05, 0) is 60.6 Å². The van der Waals surface area contributed by atoms with Crippen LogP contribution in [0.4, 0.5) is 0 Å². The molecule has 0 saturated carbocycles. The van der Waals surface area contributed by atoms with E-state index in [4.69, 9.17) is 4.74 Å². The first-order valence-corrected chi connectivity index (χ1v) is 13.2. The normalized spacial score (nSPS) is 14.7. The van der Waals surface area contributed by atoms with E-state index in [0.29, 0.717) is 24.8 Å². The third-order valence-corrected chi connectivity index (χ3v) is 8.21. The molecule has 1 aromatic heterocycles. The maximum absolute atomic E-state index is 13.4. The van der Waals surface area contributed by atoms with Crippen molar-refractivity contribution in [3.05, 3.63) is 90.3 Å². The highest BCUT2D eigenvalue weighted by molar-refractivity contribution is 7.89. The molecule has 2 heterocycles. The van der Waals surface area contributed by atoms with Gasteiger partial charge in [0.05, 0.1) is 13.7 Å². The van der Waals surface area contributed by atoms with Gasteiger partial charge in [-0.3, -0.25) is 9.78 Å². The minimum atomic E-state index is -3.91. The number of rotatable bonds is 9. The molecule has 7 nitrogen and oxygen atoms in total. The largest absolute Gasteiger partial charge is 0.497 e. The summed E-state index contributed by atoms with van der Waals surface area (Å²) in [5, 5.41) is 0. The number of nitrogens with zero attached hydrogens (tertiary/aromatic N) is 3. The fourth-order valence-electron chi connectivity index (χ4n) is 4.39. The minimum Gasteiger partial charge on any atom is -0.497 e. The van der Waals surface area contributed by atoms with Gasteiger partial charge in [-0.25, -0.2) is 8.42 Å². The van der Waals surface area contributed by atoms with Gasteiger partial charge in [0.1, 0.15) is 10.6 Å². The molecule has 8 heteroatoms. The smallest absolute Gasteiger partial charge is 0.245 e. The van der Waals surface area contributed by atoms with E-state index in [-0.39, 0.29) is 23.9 Å². The van der Waals surface area contributed by atoms with E-state index in [1.54, 1.807) is 30.2 Å². The zero-order valence-corrected chi connectivity index (χ0v) is 20.7. The van der Waals surface area contributed by atoms with Gasteiger partial charge in [-0.1, -0.05) is 42.5 Å². The van der Waals surface area contributed by atoms with Crippen molar-refractivity contribution in [1.82, 2.24) is 14.2 Å². The number of hydrogen-bond acceptors (Lipinski definition) is 5. The number of sulfonamides is 1. The molecule has 1 fully saturated rings. The number of aromatic nitrogens is 1. The van der Waals surface area contributed by atoms with Gasteiger partial charge in [0.25, 0.3) is 0 Å². The number of benzene rings is 2. The molecular formula is C27H31N3O4S. The van der Waals surface area contributed by atoms with Crippen LogP contribution in [0.15, 0.2) is 84.0 Å². The van der Waals surface area contributed by atoms with Crippen LogP contribution in [0.1, 0.15) is 24.0 Å². The van der Waals surface area contributed by atoms with E-state index < -0.39 is 10.0 Å². The molecule has 184 valence electrons. The Labute approximate surface area is 207 Å². The number of ether oxygens (including phenoxy) is 1. The summed E-state index contributed by atoms with van der Waals surface area (Å²) in [6, 6.07) is 20.7. The molecule has 0 bridgehead atoms. The van der Waals surface area contributed by atoms with E-state index in [2.05, 4.69) is 17.1 Å². The van der Waals surface area contributed by atoms with Crippen LogP contribution in [0.5, 0.6) is 5.75 Å². The molecule has 35 heavy (non-hydrogen) atoms. The number of amides is 1. The molecule has 1 amide bonds. The van der Waals surface area contributed by atoms with Crippen LogP contribution >= 0.6 is 0 Å². The van der Waals surface area contributed by atoms with Crippen molar-refractivity contribution in [2.45, 2.75) is 30.7 Å². The second-order valence-electron chi connectivity index (χ2n) is 8.82. The first-order valence-electron chi connectivity index (χ1n) is 11.8. The van der Waals surface area contributed by atoms with Crippen LogP contribution in [0.2, 0.25) is 0 Å². The standard InChI is InChI=1S/C27H31N3O4S/c1-34-25-11-9-24(10-12-25)20-30(35(32,33)26-8-5-15-28-19-26)21-27(31)29-16-13-23(14-17-29)18-22-6-3-2-4-7-22/h2-12,15,19,23H,13-14,16-18,20-21H2,1H3. The summed E-state index contributed by atoms with van der Waals surface area (Å²) < 4.78 is 33.3. The lowest BCUT2D eigenvalue weighted by molar-refractivity contribution is -0.132. The first-order chi connectivity index (χ1) is 17.0. The predicted octanol–water partition coefficient (Wildman–Crippen LogP) is 3.76. The SMILES string of the molecule is COc1ccc(CN(CC(=O)N2CCC(Cc3ccccc3)CC2)S(=O)(=O)c2cccnc2)cc1. The number of pyridine rings is 1. The molecule has 1 aliphatic heterocycles. The Morgan fingerprint density at radius 1 is 1.00 bits per heavy atom. The Hall–Kier alpha value is -3.23. The average Bonchev–Trinajstić information content (AvgIpc) is 2.90. The van der Waals surface area contributed by atoms with Crippen LogP contribution in [-0.4, -0.2) is 55.3 Å². The average molecular weight is 494 g/mol. The van der Waals surface area contributed by atoms with E-state index in [1.807, 2.05) is 30.3 Å². The number of methoxy groups -OCH3 is 1. The summed E-state index contributed by atoms with van der Waals surface area (Å²) in [5.41, 5.74) is 2.08. The number of likely N-dealkylation sites (tertiary alicyclic amines) is 1. The molecule has 1 aliphatic rings. The van der Waals surface area contributed by atoms with Crippen LogP contribution in [0, 0.1) is 5.92 Å². The maximum Gasteiger partial charge on any atom is 0.245 e. The van der Waals surface area contributed by atoms with Gasteiger partial charge < -0.3 is 9.64 Å². The van der Waals surface area contributed by atoms with Crippen molar-refractivity contribution in [1.29, 1.82) is 0 Å². The summed E-state index contributed by atoms with van der Waals surface area (Å²) >= 11 is 0. The van der Waals surface area contributed by atoms with Gasteiger partial charge in [0.2, 0.25) is 15.9 Å². The van der Waals surface area contributed by atoms with Crippen molar-refractivity contribution < 1.29 is 17.9 Å². The molecule has 4 rings (SSSR count). The molecule has 0 spiro atoms. The first kappa shape index (κ1) is 24.9. The van der Waals surface area contributed by atoms with E-state index in [0.717, 1.165) is 24.8 Å². The zero-order valence-electron chi connectivity index (χ0n) is 19.9. The van der Waals surface area contributed by atoms with E-state index in [1.165, 1.54) is 28.3 Å². The lowest BCUT2D eigenvalue weighted by Gasteiger charge is -2.33. The van der Waals surface area contributed by atoms with Gasteiger partial charge in [-0.2, -0.15) is 4.31 Å². The Morgan fingerprint density at radius 2 is 1.71 bits per heavy atom. The van der Waals surface area contributed by atoms with Gasteiger partial charge in [-0.15, -0.1) is 0 Å². The van der Waals surface area contributed by atoms with Crippen molar-refractivity contribution >= 4 is 15.9 Å². The molecule has 0 N–H and O–H groups in total. The molecule has 0 radical (unpaired) electrons. The summed E-state index contributed by atoms with van der Waals surface area (Å²) in [6.45, 7) is 1.14. The molecule has 0 aliphatic carbocycles. The number of carbonyl (C=O) groups is 1. The summed E-state index contributed by atoms with van der Waals surface area (Å²) in [7, 11) is -2.33. The molecule has 0 unspecified atom stereocenters. The van der Waals surface area contributed by atoms with Crippen LogP contribution in [0.3, 0.4) is 0 Å². The van der Waals surface area contributed by atoms with Crippen LogP contribution in [-0.2, 0) is 27.8 Å². The highest BCUT2D eigenvalue weighted by Gasteiger charge is 2.30. The molecule has 0 atom stereocenters. The van der Waals surface area contributed by atoms with Crippen LogP contribution < -0.4 is 4.74 Å². The van der Waals surface area contributed by atoms with Crippen molar-refractivity contribution in [3.8, 4) is 5.75 Å². The quantitative estimate of drug-likeness (QED) is 0.454. The highest BCUT2D eigenvalue weighted by Crippen LogP contribution is 2.23. The second-order valence-corrected chi connectivity index (χ2v) is 10.8. The fraction of sp³-hybridized carbons (Fsp3) is 0.333. The minimum absolute atomic E-state index is 0.0721. The molecule has 1 saturated heterocycles. The third-order valence-electron chi connectivity index (χ3n) is 6.44. The molecule has 2 aromatic carbocycles. The monoisotopic (exact) mass is 493 g/mol. The maximum atomic E-state index is 13.4. The summed E-state index contributed by atoms with van der Waals surface area (Å²) in [6.07, 6.45) is 5.66. The van der Waals surface area contributed by atoms with E-state index in [9.17, 15) is 13.2 Å². The summed E-state index contributed by atoms with van der Waals surface area (Å²) in [5.74, 6) is 1.03. The van der Waals surface area contributed by atoms with Gasteiger partial charge in [0.15, 0.2) is 0 Å². The number of hydrogen-bond donors (Lipinski definition) is 0. The lowest BCUT2D eigenvalue weighted by atomic mass is 9.90. The van der Waals surface area contributed by atoms with Gasteiger partial charge in [0, 0.05) is 32.0 Å². The Balaban J connectivity index is 1.44. The Kier molecular flexibility index (Phi) is 8.15. The van der Waals surface area contributed by atoms with Crippen molar-refractivity contribution in [2.24, 2.45) is 5.92 Å². The lowest BCUT2D eigenvalue weighted by Crippen LogP contribution is -2.45. The topological polar surface area (TPSA) is 79.8 Å². The van der Waals surface area contributed by atoms with Gasteiger partial charge >= 0.3 is 0 Å². The number of carbonyl (C=O) groups excluding carboxylic acids is 1. The van der Waals surface area contributed by atoms with Crippen molar-refractivity contribution in [3.63, 3.8) is 0 Å². The zero-order chi connectivity index (χ0) is 24.7. The second kappa shape index (κ2) is 11.5. The Bertz CT molecular complexity index is 1190. The molecular weight excluding hydrogens is 462 g/mol. The van der Waals surface area contributed by atoms with Crippen LogP contribution in [0.25, 0.3) is 0 Å². The van der Waals surface area contributed by atoms with Crippen molar-refractivity contribution in [2.75, 3.05) is 26.7 Å². The number of piperidine rings is 1. The highest BCUT2D eigenvalue weighted by atomic mass is 32.2. The van der Waals surface area contributed by atoms with E-state index >= 15 is 0 Å². The molecule has 3 aromatic rings. The Morgan fingerprint density at radius 3 is 2.34 bits per heavy atom. The third kappa shape index (κ3) is 6.46. The predicted molar refractivity (Wildman–Crippen MR) is 134 cm³/mol.